The second-order valence-electron chi connectivity index (χ2n) is 8.01. The number of fused-ring (bicyclic) bond motifs is 1. The highest BCUT2D eigenvalue weighted by molar-refractivity contribution is 5.86. The number of aromatic nitrogens is 2. The molecule has 164 valence electrons. The number of hydrogen-bond acceptors (Lipinski definition) is 7. The average molecular weight is 421 g/mol. The lowest BCUT2D eigenvalue weighted by atomic mass is 9.99. The molecule has 0 unspecified atom stereocenters. The van der Waals surface area contributed by atoms with Crippen LogP contribution in [0.5, 0.6) is 5.75 Å². The van der Waals surface area contributed by atoms with E-state index in [2.05, 4.69) is 0 Å². The van der Waals surface area contributed by atoms with E-state index < -0.39 is 23.5 Å². The Morgan fingerprint density at radius 1 is 1.27 bits per heavy atom. The van der Waals surface area contributed by atoms with Gasteiger partial charge in [-0.2, -0.15) is 4.68 Å². The molecule has 30 heavy (non-hydrogen) atoms. The third-order valence-electron chi connectivity index (χ3n) is 6.03. The van der Waals surface area contributed by atoms with Gasteiger partial charge < -0.3 is 25.9 Å². The molecule has 2 fully saturated rings. The Hall–Kier alpha value is -2.59. The van der Waals surface area contributed by atoms with Crippen LogP contribution in [-0.2, 0) is 4.74 Å². The Labute approximate surface area is 172 Å². The zero-order valence-corrected chi connectivity index (χ0v) is 17.2. The number of nitrogen functional groups attached to an aromatic ring is 1. The molecule has 10 heteroatoms. The number of benzene rings is 1. The van der Waals surface area contributed by atoms with Crippen molar-refractivity contribution in [3.05, 3.63) is 33.0 Å². The fourth-order valence-electron chi connectivity index (χ4n) is 4.23. The van der Waals surface area contributed by atoms with E-state index in [9.17, 15) is 14.0 Å². The van der Waals surface area contributed by atoms with Crippen molar-refractivity contribution in [3.8, 4) is 5.75 Å². The Kier molecular flexibility index (Phi) is 5.46. The number of ether oxygens (including phenoxy) is 2. The van der Waals surface area contributed by atoms with Crippen LogP contribution in [-0.4, -0.2) is 54.9 Å². The van der Waals surface area contributed by atoms with Crippen molar-refractivity contribution in [2.75, 3.05) is 44.2 Å². The van der Waals surface area contributed by atoms with Gasteiger partial charge in [-0.3, -0.25) is 9.36 Å². The molecule has 0 bridgehead atoms. The first-order valence-electron chi connectivity index (χ1n) is 10.2. The number of halogens is 1. The number of methoxy groups -OCH3 is 1. The summed E-state index contributed by atoms with van der Waals surface area (Å²) in [5, 5.41) is 0.296. The van der Waals surface area contributed by atoms with Crippen molar-refractivity contribution in [1.82, 2.24) is 9.24 Å². The SMILES string of the molecule is CCOC[C@@H](N)[C@H]1CN(c2cc3c(cc2OC)c(=O)n(N)c(=O)n3C2CC2)C[C@@H]1F. The minimum atomic E-state index is -1.12. The summed E-state index contributed by atoms with van der Waals surface area (Å²) < 4.78 is 27.9. The van der Waals surface area contributed by atoms with Crippen molar-refractivity contribution in [3.63, 3.8) is 0 Å². The summed E-state index contributed by atoms with van der Waals surface area (Å²) >= 11 is 0. The van der Waals surface area contributed by atoms with Gasteiger partial charge in [-0.1, -0.05) is 0 Å². The maximum absolute atomic E-state index is 14.8. The first kappa shape index (κ1) is 20.7. The quantitative estimate of drug-likeness (QED) is 0.620. The zero-order chi connectivity index (χ0) is 21.6. The van der Waals surface area contributed by atoms with Gasteiger partial charge >= 0.3 is 5.69 Å². The summed E-state index contributed by atoms with van der Waals surface area (Å²) in [6.45, 7) is 3.22. The average Bonchev–Trinajstić information content (AvgIpc) is 3.50. The lowest BCUT2D eigenvalue weighted by Gasteiger charge is -2.24. The number of alkyl halides is 1. The highest BCUT2D eigenvalue weighted by atomic mass is 19.1. The van der Waals surface area contributed by atoms with E-state index >= 15 is 0 Å². The standard InChI is InChI=1S/C20H28FN5O4/c1-3-30-10-15(22)13-8-24(9-14(13)21)17-7-16-12(6-18(17)29-2)19(27)26(23)20(28)25(16)11-4-5-11/h6-7,11,13-15H,3-5,8-10,22-23H2,1-2H3/t13-,14-,15+/m0/s1. The van der Waals surface area contributed by atoms with Crippen molar-refractivity contribution in [2.45, 2.75) is 38.0 Å². The smallest absolute Gasteiger partial charge is 0.350 e. The second-order valence-corrected chi connectivity index (χ2v) is 8.01. The van der Waals surface area contributed by atoms with E-state index in [-0.39, 0.29) is 18.5 Å². The predicted octanol–water partition coefficient (Wildman–Crippen LogP) is 0.359. The van der Waals surface area contributed by atoms with Gasteiger partial charge in [-0.05, 0) is 31.9 Å². The first-order valence-corrected chi connectivity index (χ1v) is 10.2. The van der Waals surface area contributed by atoms with E-state index in [1.807, 2.05) is 11.8 Å². The molecule has 0 spiro atoms. The lowest BCUT2D eigenvalue weighted by Crippen LogP contribution is -2.44. The van der Waals surface area contributed by atoms with Gasteiger partial charge in [0.2, 0.25) is 0 Å². The first-order chi connectivity index (χ1) is 14.4. The number of hydrogen-bond donors (Lipinski definition) is 2. The van der Waals surface area contributed by atoms with Gasteiger partial charge in [-0.15, -0.1) is 0 Å². The fraction of sp³-hybridized carbons (Fsp3) is 0.600. The third-order valence-corrected chi connectivity index (χ3v) is 6.03. The monoisotopic (exact) mass is 421 g/mol. The topological polar surface area (TPSA) is 118 Å². The summed E-state index contributed by atoms with van der Waals surface area (Å²) in [6.07, 6.45) is 0.571. The van der Waals surface area contributed by atoms with E-state index in [1.54, 1.807) is 16.7 Å². The molecule has 1 aliphatic heterocycles. The highest BCUT2D eigenvalue weighted by Gasteiger charge is 2.38. The summed E-state index contributed by atoms with van der Waals surface area (Å²) in [6, 6.07) is 2.90. The van der Waals surface area contributed by atoms with Crippen molar-refractivity contribution in [1.29, 1.82) is 0 Å². The van der Waals surface area contributed by atoms with E-state index in [1.165, 1.54) is 7.11 Å². The van der Waals surface area contributed by atoms with Crippen LogP contribution in [0.1, 0.15) is 25.8 Å². The normalized spacial score (nSPS) is 22.6. The van der Waals surface area contributed by atoms with E-state index in [4.69, 9.17) is 21.1 Å². The summed E-state index contributed by atoms with van der Waals surface area (Å²) in [5.41, 5.74) is 6.14. The summed E-state index contributed by atoms with van der Waals surface area (Å²) in [4.78, 5) is 27.1. The van der Waals surface area contributed by atoms with E-state index in [0.29, 0.717) is 46.8 Å². The van der Waals surface area contributed by atoms with Crippen LogP contribution >= 0.6 is 0 Å². The minimum absolute atomic E-state index is 0.0107. The zero-order valence-electron chi connectivity index (χ0n) is 17.2. The Morgan fingerprint density at radius 3 is 2.63 bits per heavy atom. The van der Waals surface area contributed by atoms with Crippen LogP contribution in [0.2, 0.25) is 0 Å². The summed E-state index contributed by atoms with van der Waals surface area (Å²) in [5.74, 6) is 5.75. The molecule has 1 aromatic carbocycles. The molecule has 3 atom stereocenters. The van der Waals surface area contributed by atoms with E-state index in [0.717, 1.165) is 12.8 Å². The van der Waals surface area contributed by atoms with Crippen LogP contribution in [0.15, 0.2) is 21.7 Å². The molecule has 1 saturated heterocycles. The van der Waals surface area contributed by atoms with Gasteiger partial charge in [0, 0.05) is 37.7 Å². The van der Waals surface area contributed by atoms with Crippen LogP contribution in [0, 0.1) is 5.92 Å². The number of anilines is 1. The molecule has 2 aromatic rings. The van der Waals surface area contributed by atoms with Crippen LogP contribution in [0.3, 0.4) is 0 Å². The number of nitrogens with zero attached hydrogens (tertiary/aromatic N) is 3. The summed E-state index contributed by atoms with van der Waals surface area (Å²) in [7, 11) is 1.49. The lowest BCUT2D eigenvalue weighted by molar-refractivity contribution is 0.105. The molecule has 9 nitrogen and oxygen atoms in total. The molecular weight excluding hydrogens is 393 g/mol. The van der Waals surface area contributed by atoms with Gasteiger partial charge in [0.25, 0.3) is 5.56 Å². The largest absolute Gasteiger partial charge is 0.495 e. The van der Waals surface area contributed by atoms with Gasteiger partial charge in [0.05, 0.1) is 30.3 Å². The molecule has 1 saturated carbocycles. The Bertz CT molecular complexity index is 1060. The van der Waals surface area contributed by atoms with Gasteiger partial charge in [0.1, 0.15) is 11.9 Å². The molecule has 1 aromatic heterocycles. The molecule has 4 N–H and O–H groups in total. The minimum Gasteiger partial charge on any atom is -0.495 e. The van der Waals surface area contributed by atoms with Crippen LogP contribution in [0.4, 0.5) is 10.1 Å². The fourth-order valence-corrected chi connectivity index (χ4v) is 4.23. The predicted molar refractivity (Wildman–Crippen MR) is 113 cm³/mol. The van der Waals surface area contributed by atoms with Gasteiger partial charge in [0.15, 0.2) is 0 Å². The Morgan fingerprint density at radius 2 is 2.00 bits per heavy atom. The number of nitrogens with two attached hydrogens (primary N) is 2. The number of rotatable bonds is 7. The molecule has 2 aliphatic rings. The molecular formula is C20H28FN5O4. The molecule has 0 amide bonds. The third kappa shape index (κ3) is 3.43. The maximum atomic E-state index is 14.8. The maximum Gasteiger partial charge on any atom is 0.350 e. The van der Waals surface area contributed by atoms with Crippen molar-refractivity contribution < 1.29 is 13.9 Å². The molecule has 2 heterocycles. The molecule has 1 aliphatic carbocycles. The molecule has 4 rings (SSSR count). The highest BCUT2D eigenvalue weighted by Crippen LogP contribution is 2.40. The van der Waals surface area contributed by atoms with Crippen LogP contribution < -0.4 is 32.5 Å². The molecule has 0 radical (unpaired) electrons. The van der Waals surface area contributed by atoms with Crippen molar-refractivity contribution >= 4 is 16.6 Å². The van der Waals surface area contributed by atoms with Crippen LogP contribution in [0.25, 0.3) is 10.9 Å². The second kappa shape index (κ2) is 7.92. The van der Waals surface area contributed by atoms with Crippen molar-refractivity contribution in [2.24, 2.45) is 11.7 Å². The van der Waals surface area contributed by atoms with Gasteiger partial charge in [-0.25, -0.2) is 9.18 Å². The Balaban J connectivity index is 1.78.